The molecule has 1 aliphatic heterocycles. The first kappa shape index (κ1) is 13.3. The number of rotatable bonds is 2. The van der Waals surface area contributed by atoms with Gasteiger partial charge in [-0.2, -0.15) is 0 Å². The van der Waals surface area contributed by atoms with Crippen LogP contribution in [0.4, 0.5) is 0 Å². The maximum atomic E-state index is 6.19. The van der Waals surface area contributed by atoms with Gasteiger partial charge in [0.15, 0.2) is 0 Å². The Hall–Kier alpha value is -0.120. The first-order valence-corrected chi connectivity index (χ1v) is 6.96. The zero-order valence-electron chi connectivity index (χ0n) is 11.8. The monoisotopic (exact) mass is 240 g/mol. The number of hydrogen-bond acceptors (Lipinski definition) is 3. The van der Waals surface area contributed by atoms with E-state index in [-0.39, 0.29) is 5.54 Å². The van der Waals surface area contributed by atoms with E-state index in [1.165, 1.54) is 12.8 Å². The summed E-state index contributed by atoms with van der Waals surface area (Å²) in [6.45, 7) is 12.9. The van der Waals surface area contributed by atoms with Crippen LogP contribution in [-0.2, 0) is 4.74 Å². The van der Waals surface area contributed by atoms with E-state index in [2.05, 4.69) is 32.6 Å². The van der Waals surface area contributed by atoms with E-state index >= 15 is 0 Å². The van der Waals surface area contributed by atoms with Crippen molar-refractivity contribution in [3.05, 3.63) is 0 Å². The Bertz CT molecular complexity index is 279. The van der Waals surface area contributed by atoms with Crippen LogP contribution in [0.5, 0.6) is 0 Å². The second-order valence-electron chi connectivity index (χ2n) is 6.87. The van der Waals surface area contributed by atoms with Gasteiger partial charge in [0.2, 0.25) is 0 Å². The fourth-order valence-electron chi connectivity index (χ4n) is 4.26. The molecule has 0 amide bonds. The first-order chi connectivity index (χ1) is 7.91. The van der Waals surface area contributed by atoms with E-state index in [9.17, 15) is 0 Å². The number of nitrogens with two attached hydrogens (primary N) is 1. The van der Waals surface area contributed by atoms with Gasteiger partial charge in [0, 0.05) is 24.7 Å². The number of hydrogen-bond donors (Lipinski definition) is 1. The lowest BCUT2D eigenvalue weighted by Gasteiger charge is -2.49. The third-order valence-electron chi connectivity index (χ3n) is 4.85. The Kier molecular flexibility index (Phi) is 3.54. The van der Waals surface area contributed by atoms with E-state index < -0.39 is 0 Å². The van der Waals surface area contributed by atoms with Gasteiger partial charge in [-0.15, -0.1) is 0 Å². The van der Waals surface area contributed by atoms with Crippen LogP contribution in [0.25, 0.3) is 0 Å². The molecule has 2 fully saturated rings. The molecule has 100 valence electrons. The third-order valence-corrected chi connectivity index (χ3v) is 4.85. The summed E-state index contributed by atoms with van der Waals surface area (Å²) in [4.78, 5) is 2.63. The molecule has 1 saturated heterocycles. The minimum Gasteiger partial charge on any atom is -0.379 e. The lowest BCUT2D eigenvalue weighted by Crippen LogP contribution is -2.62. The van der Waals surface area contributed by atoms with E-state index in [1.807, 2.05) is 0 Å². The van der Waals surface area contributed by atoms with Gasteiger partial charge in [-0.3, -0.25) is 4.90 Å². The maximum absolute atomic E-state index is 6.19. The largest absolute Gasteiger partial charge is 0.379 e. The topological polar surface area (TPSA) is 38.5 Å². The molecule has 3 heteroatoms. The zero-order chi connectivity index (χ0) is 12.7. The van der Waals surface area contributed by atoms with E-state index in [0.29, 0.717) is 17.4 Å². The molecule has 0 bridgehead atoms. The molecule has 1 heterocycles. The average molecular weight is 240 g/mol. The highest BCUT2D eigenvalue weighted by Crippen LogP contribution is 2.50. The molecule has 3 unspecified atom stereocenters. The van der Waals surface area contributed by atoms with Crippen molar-refractivity contribution in [1.82, 2.24) is 4.90 Å². The molecule has 0 spiro atoms. The summed E-state index contributed by atoms with van der Waals surface area (Å²) in [6.07, 6.45) is 2.51. The van der Waals surface area contributed by atoms with Crippen LogP contribution in [0, 0.1) is 11.3 Å². The lowest BCUT2D eigenvalue weighted by molar-refractivity contribution is -0.0692. The van der Waals surface area contributed by atoms with Crippen LogP contribution in [0.3, 0.4) is 0 Å². The van der Waals surface area contributed by atoms with E-state index in [0.717, 1.165) is 26.3 Å². The smallest absolute Gasteiger partial charge is 0.0620 e. The van der Waals surface area contributed by atoms with E-state index in [4.69, 9.17) is 10.5 Å². The number of nitrogens with zero attached hydrogens (tertiary/aromatic N) is 1. The van der Waals surface area contributed by atoms with Crippen LogP contribution < -0.4 is 5.73 Å². The van der Waals surface area contributed by atoms with Gasteiger partial charge < -0.3 is 10.5 Å². The molecule has 17 heavy (non-hydrogen) atoms. The average Bonchev–Trinajstić information content (AvgIpc) is 2.49. The van der Waals surface area contributed by atoms with E-state index in [1.54, 1.807) is 0 Å². The van der Waals surface area contributed by atoms with Crippen molar-refractivity contribution in [3.8, 4) is 0 Å². The highest BCUT2D eigenvalue weighted by Gasteiger charge is 2.52. The molecular formula is C14H28N2O. The molecule has 2 aliphatic rings. The van der Waals surface area contributed by atoms with Gasteiger partial charge >= 0.3 is 0 Å². The summed E-state index contributed by atoms with van der Waals surface area (Å²) in [7, 11) is 0. The number of morpholine rings is 1. The van der Waals surface area contributed by atoms with Crippen LogP contribution in [0.15, 0.2) is 0 Å². The fraction of sp³-hybridized carbons (Fsp3) is 1.00. The summed E-state index contributed by atoms with van der Waals surface area (Å²) < 4.78 is 5.57. The SMILES string of the molecule is CC1COCCN1C1(CN)CC(C)(C)CC1C. The van der Waals surface area contributed by atoms with Crippen LogP contribution in [0.2, 0.25) is 0 Å². The van der Waals surface area contributed by atoms with Gasteiger partial charge in [0.25, 0.3) is 0 Å². The van der Waals surface area contributed by atoms with Gasteiger partial charge in [-0.1, -0.05) is 20.8 Å². The van der Waals surface area contributed by atoms with Crippen LogP contribution >= 0.6 is 0 Å². The van der Waals surface area contributed by atoms with Crippen molar-refractivity contribution < 1.29 is 4.74 Å². The Morgan fingerprint density at radius 2 is 2.06 bits per heavy atom. The molecule has 0 aromatic rings. The van der Waals surface area contributed by atoms with Crippen molar-refractivity contribution in [3.63, 3.8) is 0 Å². The Balaban J connectivity index is 2.24. The minimum absolute atomic E-state index is 0.201. The van der Waals surface area contributed by atoms with Gasteiger partial charge in [0.05, 0.1) is 13.2 Å². The van der Waals surface area contributed by atoms with Gasteiger partial charge in [-0.05, 0) is 31.1 Å². The molecule has 1 aliphatic carbocycles. The molecule has 3 nitrogen and oxygen atoms in total. The number of ether oxygens (including phenoxy) is 1. The lowest BCUT2D eigenvalue weighted by atomic mass is 9.83. The summed E-state index contributed by atoms with van der Waals surface area (Å²) in [6, 6.07) is 0.503. The molecule has 0 aromatic carbocycles. The van der Waals surface area contributed by atoms with Crippen molar-refractivity contribution >= 4 is 0 Å². The summed E-state index contributed by atoms with van der Waals surface area (Å²) in [5.41, 5.74) is 6.82. The van der Waals surface area contributed by atoms with Crippen molar-refractivity contribution in [1.29, 1.82) is 0 Å². The molecule has 3 atom stereocenters. The molecule has 2 rings (SSSR count). The molecule has 0 radical (unpaired) electrons. The highest BCUT2D eigenvalue weighted by molar-refractivity contribution is 5.07. The van der Waals surface area contributed by atoms with Gasteiger partial charge in [-0.25, -0.2) is 0 Å². The zero-order valence-corrected chi connectivity index (χ0v) is 11.8. The maximum Gasteiger partial charge on any atom is 0.0620 e. The Morgan fingerprint density at radius 1 is 1.35 bits per heavy atom. The normalized spacial score (nSPS) is 42.9. The third kappa shape index (κ3) is 2.25. The fourth-order valence-corrected chi connectivity index (χ4v) is 4.26. The minimum atomic E-state index is 0.201. The first-order valence-electron chi connectivity index (χ1n) is 6.96. The van der Waals surface area contributed by atoms with Crippen LogP contribution in [-0.4, -0.2) is 42.8 Å². The standard InChI is InChI=1S/C14H28N2O/c1-11-7-13(3,4)9-14(11,10-15)16-5-6-17-8-12(16)2/h11-12H,5-10,15H2,1-4H3. The summed E-state index contributed by atoms with van der Waals surface area (Å²) in [5, 5.41) is 0. The molecule has 1 saturated carbocycles. The molecule has 0 aromatic heterocycles. The predicted octanol–water partition coefficient (Wildman–Crippen LogP) is 1.86. The van der Waals surface area contributed by atoms with Crippen LogP contribution in [0.1, 0.15) is 40.5 Å². The Labute approximate surface area is 106 Å². The van der Waals surface area contributed by atoms with Crippen molar-refractivity contribution in [2.45, 2.75) is 52.1 Å². The summed E-state index contributed by atoms with van der Waals surface area (Å²) in [5.74, 6) is 0.683. The Morgan fingerprint density at radius 3 is 2.53 bits per heavy atom. The molecule has 2 N–H and O–H groups in total. The summed E-state index contributed by atoms with van der Waals surface area (Å²) >= 11 is 0. The second-order valence-corrected chi connectivity index (χ2v) is 6.87. The molecular weight excluding hydrogens is 212 g/mol. The second kappa shape index (κ2) is 4.52. The highest BCUT2D eigenvalue weighted by atomic mass is 16.5. The van der Waals surface area contributed by atoms with Crippen molar-refractivity contribution in [2.75, 3.05) is 26.3 Å². The quantitative estimate of drug-likeness (QED) is 0.800. The van der Waals surface area contributed by atoms with Gasteiger partial charge in [0.1, 0.15) is 0 Å². The predicted molar refractivity (Wildman–Crippen MR) is 71.0 cm³/mol. The van der Waals surface area contributed by atoms with Crippen molar-refractivity contribution in [2.24, 2.45) is 17.1 Å².